The number of ketones is 1. The van der Waals surface area contributed by atoms with E-state index >= 15 is 0 Å². The summed E-state index contributed by atoms with van der Waals surface area (Å²) in [6.45, 7) is 2.66. The molecule has 0 spiro atoms. The molecule has 1 saturated heterocycles. The van der Waals surface area contributed by atoms with Gasteiger partial charge in [-0.05, 0) is 44.0 Å². The summed E-state index contributed by atoms with van der Waals surface area (Å²) in [6, 6.07) is 14.0. The van der Waals surface area contributed by atoms with Crippen molar-refractivity contribution < 1.29 is 19.1 Å². The van der Waals surface area contributed by atoms with E-state index in [0.717, 1.165) is 19.4 Å². The van der Waals surface area contributed by atoms with E-state index in [-0.39, 0.29) is 17.8 Å². The van der Waals surface area contributed by atoms with E-state index in [4.69, 9.17) is 9.47 Å². The number of hydrogen-bond donors (Lipinski definition) is 1. The Hall–Kier alpha value is -2.66. The summed E-state index contributed by atoms with van der Waals surface area (Å²) in [5.41, 5.74) is 1.40. The first-order valence-corrected chi connectivity index (χ1v) is 8.40. The predicted molar refractivity (Wildman–Crippen MR) is 95.3 cm³/mol. The quantitative estimate of drug-likeness (QED) is 0.815. The third kappa shape index (κ3) is 4.25. The predicted octanol–water partition coefficient (Wildman–Crippen LogP) is 3.70. The molecular weight excluding hydrogens is 318 g/mol. The number of rotatable bonds is 6. The smallest absolute Gasteiger partial charge is 0.259 e. The van der Waals surface area contributed by atoms with Crippen molar-refractivity contribution in [1.82, 2.24) is 0 Å². The van der Waals surface area contributed by atoms with Gasteiger partial charge in [-0.3, -0.25) is 9.59 Å². The molecule has 3 rings (SSSR count). The molecule has 1 amide bonds. The summed E-state index contributed by atoms with van der Waals surface area (Å²) in [4.78, 5) is 24.4. The molecule has 5 nitrogen and oxygen atoms in total. The molecule has 1 heterocycles. The summed E-state index contributed by atoms with van der Waals surface area (Å²) in [7, 11) is 0. The van der Waals surface area contributed by atoms with Crippen molar-refractivity contribution in [1.29, 1.82) is 0 Å². The highest BCUT2D eigenvalue weighted by Gasteiger charge is 2.19. The van der Waals surface area contributed by atoms with Gasteiger partial charge in [0.1, 0.15) is 12.4 Å². The van der Waals surface area contributed by atoms with Gasteiger partial charge in [-0.25, -0.2) is 0 Å². The highest BCUT2D eigenvalue weighted by Crippen LogP contribution is 2.23. The minimum atomic E-state index is -0.309. The van der Waals surface area contributed by atoms with E-state index in [1.54, 1.807) is 42.5 Å². The first-order valence-electron chi connectivity index (χ1n) is 8.40. The van der Waals surface area contributed by atoms with Crippen molar-refractivity contribution >= 4 is 17.4 Å². The Morgan fingerprint density at radius 1 is 1.12 bits per heavy atom. The number of benzene rings is 2. The maximum absolute atomic E-state index is 12.7. The average Bonchev–Trinajstić information content (AvgIpc) is 3.14. The molecule has 0 aliphatic carbocycles. The minimum absolute atomic E-state index is 0.0783. The number of carbonyl (C=O) groups excluding carboxylic acids is 2. The number of carbonyl (C=O) groups is 2. The molecule has 0 saturated carbocycles. The summed E-state index contributed by atoms with van der Waals surface area (Å²) >= 11 is 0. The Morgan fingerprint density at radius 2 is 1.84 bits per heavy atom. The van der Waals surface area contributed by atoms with Gasteiger partial charge in [-0.2, -0.15) is 0 Å². The van der Waals surface area contributed by atoms with Crippen molar-refractivity contribution in [2.45, 2.75) is 25.9 Å². The van der Waals surface area contributed by atoms with E-state index in [1.807, 2.05) is 6.07 Å². The van der Waals surface area contributed by atoms with Crippen molar-refractivity contribution in [2.75, 3.05) is 18.5 Å². The Balaban J connectivity index is 1.75. The van der Waals surface area contributed by atoms with Crippen LogP contribution in [-0.4, -0.2) is 31.0 Å². The van der Waals surface area contributed by atoms with Crippen molar-refractivity contribution in [2.24, 2.45) is 0 Å². The SMILES string of the molecule is CC(=O)c1ccccc1NC(=O)c1ccccc1OCC1CCCO1. The second-order valence-corrected chi connectivity index (χ2v) is 6.00. The molecule has 1 aliphatic rings. The molecule has 130 valence electrons. The number of anilines is 1. The van der Waals surface area contributed by atoms with Gasteiger partial charge in [-0.15, -0.1) is 0 Å². The number of amides is 1. The Labute approximate surface area is 147 Å². The van der Waals surface area contributed by atoms with E-state index in [2.05, 4.69) is 5.32 Å². The average molecular weight is 339 g/mol. The van der Waals surface area contributed by atoms with Gasteiger partial charge in [0.2, 0.25) is 0 Å². The van der Waals surface area contributed by atoms with Crippen LogP contribution in [-0.2, 0) is 4.74 Å². The van der Waals surface area contributed by atoms with Gasteiger partial charge in [0, 0.05) is 12.2 Å². The van der Waals surface area contributed by atoms with Crippen LogP contribution >= 0.6 is 0 Å². The van der Waals surface area contributed by atoms with Crippen molar-refractivity contribution in [3.8, 4) is 5.75 Å². The monoisotopic (exact) mass is 339 g/mol. The summed E-state index contributed by atoms with van der Waals surface area (Å²) < 4.78 is 11.4. The normalized spacial score (nSPS) is 16.4. The number of hydrogen-bond acceptors (Lipinski definition) is 4. The lowest BCUT2D eigenvalue weighted by Gasteiger charge is -2.15. The maximum atomic E-state index is 12.7. The lowest BCUT2D eigenvalue weighted by molar-refractivity contribution is 0.0673. The zero-order valence-electron chi connectivity index (χ0n) is 14.2. The zero-order chi connectivity index (χ0) is 17.6. The molecule has 1 fully saturated rings. The number of ether oxygens (including phenoxy) is 2. The van der Waals surface area contributed by atoms with Gasteiger partial charge in [0.25, 0.3) is 5.91 Å². The Bertz CT molecular complexity index is 766. The molecule has 0 bridgehead atoms. The fourth-order valence-electron chi connectivity index (χ4n) is 2.83. The van der Waals surface area contributed by atoms with Crippen LogP contribution < -0.4 is 10.1 Å². The van der Waals surface area contributed by atoms with Crippen LogP contribution in [0.3, 0.4) is 0 Å². The molecule has 5 heteroatoms. The first-order chi connectivity index (χ1) is 12.1. The molecular formula is C20H21NO4. The second kappa shape index (κ2) is 7.94. The molecule has 1 aliphatic heterocycles. The largest absolute Gasteiger partial charge is 0.490 e. The second-order valence-electron chi connectivity index (χ2n) is 6.00. The van der Waals surface area contributed by atoms with Crippen LogP contribution in [0.25, 0.3) is 0 Å². The topological polar surface area (TPSA) is 64.6 Å². The molecule has 2 aromatic carbocycles. The van der Waals surface area contributed by atoms with Gasteiger partial charge < -0.3 is 14.8 Å². The van der Waals surface area contributed by atoms with Gasteiger partial charge in [-0.1, -0.05) is 24.3 Å². The van der Waals surface area contributed by atoms with Gasteiger partial charge in [0.15, 0.2) is 5.78 Å². The zero-order valence-corrected chi connectivity index (χ0v) is 14.2. The molecule has 0 aromatic heterocycles. The fourth-order valence-corrected chi connectivity index (χ4v) is 2.83. The lowest BCUT2D eigenvalue weighted by atomic mass is 10.1. The Kier molecular flexibility index (Phi) is 5.46. The molecule has 1 unspecified atom stereocenters. The van der Waals surface area contributed by atoms with Crippen molar-refractivity contribution in [3.05, 3.63) is 59.7 Å². The third-order valence-corrected chi connectivity index (χ3v) is 4.13. The van der Waals surface area contributed by atoms with Gasteiger partial charge in [0.05, 0.1) is 17.4 Å². The van der Waals surface area contributed by atoms with Crippen LogP contribution in [0.1, 0.15) is 40.5 Å². The third-order valence-electron chi connectivity index (χ3n) is 4.13. The maximum Gasteiger partial charge on any atom is 0.259 e. The van der Waals surface area contributed by atoms with Crippen molar-refractivity contribution in [3.63, 3.8) is 0 Å². The van der Waals surface area contributed by atoms with E-state index in [1.165, 1.54) is 6.92 Å². The number of nitrogens with one attached hydrogen (secondary N) is 1. The molecule has 2 aromatic rings. The van der Waals surface area contributed by atoms with Crippen LogP contribution in [0.15, 0.2) is 48.5 Å². The molecule has 1 N–H and O–H groups in total. The molecule has 0 radical (unpaired) electrons. The number of Topliss-reactive ketones (excluding diaryl/α,β-unsaturated/α-hetero) is 1. The standard InChI is InChI=1S/C20H21NO4/c1-14(22)16-8-2-4-10-18(16)21-20(23)17-9-3-5-11-19(17)25-13-15-7-6-12-24-15/h2-5,8-11,15H,6-7,12-13H2,1H3,(H,21,23). The highest BCUT2D eigenvalue weighted by atomic mass is 16.5. The van der Waals surface area contributed by atoms with Crippen LogP contribution in [0.5, 0.6) is 5.75 Å². The van der Waals surface area contributed by atoms with Gasteiger partial charge >= 0.3 is 0 Å². The highest BCUT2D eigenvalue weighted by molar-refractivity contribution is 6.10. The van der Waals surface area contributed by atoms with Crippen LogP contribution in [0, 0.1) is 0 Å². The minimum Gasteiger partial charge on any atom is -0.490 e. The fraction of sp³-hybridized carbons (Fsp3) is 0.300. The van der Waals surface area contributed by atoms with E-state index in [0.29, 0.717) is 29.2 Å². The van der Waals surface area contributed by atoms with Crippen LogP contribution in [0.4, 0.5) is 5.69 Å². The lowest BCUT2D eigenvalue weighted by Crippen LogP contribution is -2.19. The molecule has 25 heavy (non-hydrogen) atoms. The first kappa shape index (κ1) is 17.2. The summed E-state index contributed by atoms with van der Waals surface area (Å²) in [6.07, 6.45) is 2.09. The Morgan fingerprint density at radius 3 is 2.56 bits per heavy atom. The molecule has 1 atom stereocenters. The van der Waals surface area contributed by atoms with Crippen LogP contribution in [0.2, 0.25) is 0 Å². The van der Waals surface area contributed by atoms with E-state index < -0.39 is 0 Å². The summed E-state index contributed by atoms with van der Waals surface area (Å²) in [5.74, 6) is 0.103. The summed E-state index contributed by atoms with van der Waals surface area (Å²) in [5, 5.41) is 2.81. The van der Waals surface area contributed by atoms with E-state index in [9.17, 15) is 9.59 Å². The number of para-hydroxylation sites is 2.